The number of hydrogen-bond acceptors (Lipinski definition) is 3. The molecule has 0 saturated carbocycles. The molecule has 1 aliphatic heterocycles. The van der Waals surface area contributed by atoms with Gasteiger partial charge in [-0.05, 0) is 30.2 Å². The number of rotatable bonds is 3. The highest BCUT2D eigenvalue weighted by molar-refractivity contribution is 6.00. The van der Waals surface area contributed by atoms with Crippen LogP contribution in [-0.4, -0.2) is 18.6 Å². The van der Waals surface area contributed by atoms with Crippen molar-refractivity contribution in [3.8, 4) is 5.75 Å². The first-order chi connectivity index (χ1) is 10.1. The minimum atomic E-state index is -0.148. The van der Waals surface area contributed by atoms with E-state index in [1.165, 1.54) is 5.56 Å². The first-order valence-electron chi connectivity index (χ1n) is 7.03. The van der Waals surface area contributed by atoms with Gasteiger partial charge in [0.05, 0.1) is 12.1 Å². The van der Waals surface area contributed by atoms with Crippen LogP contribution in [0.5, 0.6) is 5.75 Å². The Morgan fingerprint density at radius 1 is 1.29 bits per heavy atom. The first-order valence-corrected chi connectivity index (χ1v) is 7.03. The summed E-state index contributed by atoms with van der Waals surface area (Å²) in [4.78, 5) is 12.3. The molecule has 21 heavy (non-hydrogen) atoms. The van der Waals surface area contributed by atoms with Gasteiger partial charge in [-0.2, -0.15) is 0 Å². The zero-order valence-corrected chi connectivity index (χ0v) is 11.9. The van der Waals surface area contributed by atoms with Gasteiger partial charge in [0.25, 0.3) is 5.91 Å². The molecule has 0 aliphatic carbocycles. The summed E-state index contributed by atoms with van der Waals surface area (Å²) in [5.41, 5.74) is 9.00. The molecule has 0 radical (unpaired) electrons. The number of ether oxygens (including phenoxy) is 1. The van der Waals surface area contributed by atoms with Crippen LogP contribution in [0.1, 0.15) is 21.5 Å². The molecule has 108 valence electrons. The van der Waals surface area contributed by atoms with Gasteiger partial charge in [0, 0.05) is 12.1 Å². The molecule has 0 aromatic heterocycles. The fourth-order valence-electron chi connectivity index (χ4n) is 2.66. The monoisotopic (exact) mass is 282 g/mol. The van der Waals surface area contributed by atoms with Gasteiger partial charge in [-0.15, -0.1) is 0 Å². The summed E-state index contributed by atoms with van der Waals surface area (Å²) < 4.78 is 5.81. The summed E-state index contributed by atoms with van der Waals surface area (Å²) in [6.07, 6.45) is 0.802. The van der Waals surface area contributed by atoms with E-state index in [4.69, 9.17) is 10.5 Å². The fourth-order valence-corrected chi connectivity index (χ4v) is 2.66. The maximum Gasteiger partial charge on any atom is 0.253 e. The number of anilines is 1. The highest BCUT2D eigenvalue weighted by Gasteiger charge is 2.23. The summed E-state index contributed by atoms with van der Waals surface area (Å²) in [6, 6.07) is 13.4. The minimum absolute atomic E-state index is 0.0170. The largest absolute Gasteiger partial charge is 0.488 e. The first kappa shape index (κ1) is 13.5. The van der Waals surface area contributed by atoms with Crippen LogP contribution < -0.4 is 15.8 Å². The van der Waals surface area contributed by atoms with E-state index in [1.807, 2.05) is 37.3 Å². The van der Waals surface area contributed by atoms with Gasteiger partial charge >= 0.3 is 0 Å². The van der Waals surface area contributed by atoms with Gasteiger partial charge in [-0.25, -0.2) is 0 Å². The van der Waals surface area contributed by atoms with Gasteiger partial charge in [0.1, 0.15) is 11.9 Å². The topological polar surface area (TPSA) is 64.4 Å². The van der Waals surface area contributed by atoms with Crippen LogP contribution >= 0.6 is 0 Å². The Labute approximate surface area is 123 Å². The number of benzene rings is 2. The third-order valence-electron chi connectivity index (χ3n) is 3.74. The van der Waals surface area contributed by atoms with Crippen LogP contribution in [-0.2, 0) is 6.42 Å². The van der Waals surface area contributed by atoms with Crippen molar-refractivity contribution >= 4 is 11.6 Å². The molecule has 0 saturated heterocycles. The van der Waals surface area contributed by atoms with Crippen LogP contribution in [0.4, 0.5) is 5.69 Å². The van der Waals surface area contributed by atoms with Crippen molar-refractivity contribution in [2.75, 3.05) is 12.3 Å². The van der Waals surface area contributed by atoms with Crippen molar-refractivity contribution in [3.05, 3.63) is 59.2 Å². The maximum absolute atomic E-state index is 12.3. The Bertz CT molecular complexity index is 637. The number of para-hydroxylation sites is 1. The van der Waals surface area contributed by atoms with E-state index in [0.717, 1.165) is 17.7 Å². The van der Waals surface area contributed by atoms with Crippen molar-refractivity contribution in [2.45, 2.75) is 19.4 Å². The standard InChI is InChI=1S/C17H18N2O2/c1-11-5-4-7-14(18)16(11)17(20)19-10-13-9-12-6-2-3-8-15(12)21-13/h2-8,13H,9-10,18H2,1H3,(H,19,20). The van der Waals surface area contributed by atoms with Crippen LogP contribution in [0.15, 0.2) is 42.5 Å². The lowest BCUT2D eigenvalue weighted by Crippen LogP contribution is -2.35. The van der Waals surface area contributed by atoms with Crippen LogP contribution in [0.25, 0.3) is 0 Å². The van der Waals surface area contributed by atoms with Gasteiger partial charge in [-0.3, -0.25) is 4.79 Å². The third kappa shape index (κ3) is 2.70. The van der Waals surface area contributed by atoms with Gasteiger partial charge in [-0.1, -0.05) is 30.3 Å². The number of aryl methyl sites for hydroxylation is 1. The van der Waals surface area contributed by atoms with E-state index in [1.54, 1.807) is 6.07 Å². The molecule has 1 aliphatic rings. The Kier molecular flexibility index (Phi) is 3.52. The van der Waals surface area contributed by atoms with E-state index < -0.39 is 0 Å². The second-order valence-corrected chi connectivity index (χ2v) is 5.30. The number of nitrogens with one attached hydrogen (secondary N) is 1. The lowest BCUT2D eigenvalue weighted by atomic mass is 10.1. The van der Waals surface area contributed by atoms with Crippen molar-refractivity contribution in [1.29, 1.82) is 0 Å². The highest BCUT2D eigenvalue weighted by atomic mass is 16.5. The van der Waals surface area contributed by atoms with Gasteiger partial charge in [0.2, 0.25) is 0 Å². The van der Waals surface area contributed by atoms with E-state index in [2.05, 4.69) is 11.4 Å². The van der Waals surface area contributed by atoms with E-state index in [9.17, 15) is 4.79 Å². The summed E-state index contributed by atoms with van der Waals surface area (Å²) >= 11 is 0. The lowest BCUT2D eigenvalue weighted by Gasteiger charge is -2.14. The zero-order valence-electron chi connectivity index (χ0n) is 11.9. The van der Waals surface area contributed by atoms with E-state index in [-0.39, 0.29) is 12.0 Å². The Balaban J connectivity index is 1.63. The summed E-state index contributed by atoms with van der Waals surface area (Å²) in [6.45, 7) is 2.36. The second-order valence-electron chi connectivity index (χ2n) is 5.30. The molecule has 3 rings (SSSR count). The third-order valence-corrected chi connectivity index (χ3v) is 3.74. The molecule has 0 fully saturated rings. The molecule has 1 unspecified atom stereocenters. The molecule has 3 N–H and O–H groups in total. The summed E-state index contributed by atoms with van der Waals surface area (Å²) in [7, 11) is 0. The Morgan fingerprint density at radius 3 is 2.86 bits per heavy atom. The predicted octanol–water partition coefficient (Wildman–Crippen LogP) is 2.31. The van der Waals surface area contributed by atoms with Crippen LogP contribution in [0.3, 0.4) is 0 Å². The minimum Gasteiger partial charge on any atom is -0.488 e. The van der Waals surface area contributed by atoms with Crippen molar-refractivity contribution < 1.29 is 9.53 Å². The molecule has 1 atom stereocenters. The average molecular weight is 282 g/mol. The van der Waals surface area contributed by atoms with Gasteiger partial charge in [0.15, 0.2) is 0 Å². The van der Waals surface area contributed by atoms with E-state index >= 15 is 0 Å². The predicted molar refractivity (Wildman–Crippen MR) is 82.5 cm³/mol. The molecule has 1 heterocycles. The molecule has 2 aromatic carbocycles. The number of amides is 1. The van der Waals surface area contributed by atoms with Crippen molar-refractivity contribution in [3.63, 3.8) is 0 Å². The molecular weight excluding hydrogens is 264 g/mol. The number of hydrogen-bond donors (Lipinski definition) is 2. The normalized spacial score (nSPS) is 16.1. The van der Waals surface area contributed by atoms with Gasteiger partial charge < -0.3 is 15.8 Å². The van der Waals surface area contributed by atoms with Crippen molar-refractivity contribution in [1.82, 2.24) is 5.32 Å². The maximum atomic E-state index is 12.3. The molecular formula is C17H18N2O2. The number of carbonyl (C=O) groups is 1. The second kappa shape index (κ2) is 5.48. The van der Waals surface area contributed by atoms with Crippen LogP contribution in [0, 0.1) is 6.92 Å². The molecule has 2 aromatic rings. The fraction of sp³-hybridized carbons (Fsp3) is 0.235. The number of nitrogens with two attached hydrogens (primary N) is 1. The molecule has 4 nitrogen and oxygen atoms in total. The summed E-state index contributed by atoms with van der Waals surface area (Å²) in [5, 5.41) is 2.91. The van der Waals surface area contributed by atoms with Crippen molar-refractivity contribution in [2.24, 2.45) is 0 Å². The molecule has 4 heteroatoms. The Morgan fingerprint density at radius 2 is 2.10 bits per heavy atom. The molecule has 0 spiro atoms. The number of fused-ring (bicyclic) bond motifs is 1. The number of nitrogen functional groups attached to an aromatic ring is 1. The Hall–Kier alpha value is -2.49. The lowest BCUT2D eigenvalue weighted by molar-refractivity contribution is 0.0934. The highest BCUT2D eigenvalue weighted by Crippen LogP contribution is 2.27. The smallest absolute Gasteiger partial charge is 0.253 e. The molecule has 0 bridgehead atoms. The van der Waals surface area contributed by atoms with E-state index in [0.29, 0.717) is 17.8 Å². The number of carbonyl (C=O) groups excluding carboxylic acids is 1. The quantitative estimate of drug-likeness (QED) is 0.849. The van der Waals surface area contributed by atoms with Crippen LogP contribution in [0.2, 0.25) is 0 Å². The zero-order chi connectivity index (χ0) is 14.8. The average Bonchev–Trinajstić information content (AvgIpc) is 2.87. The SMILES string of the molecule is Cc1cccc(N)c1C(=O)NCC1Cc2ccccc2O1. The molecule has 1 amide bonds. The summed E-state index contributed by atoms with van der Waals surface area (Å²) in [5.74, 6) is 0.761.